The lowest BCUT2D eigenvalue weighted by molar-refractivity contribution is 0.383. The summed E-state index contributed by atoms with van der Waals surface area (Å²) < 4.78 is 17.5. The maximum Gasteiger partial charge on any atom is 0.188 e. The van der Waals surface area contributed by atoms with Crippen LogP contribution in [-0.4, -0.2) is 12.1 Å². The summed E-state index contributed by atoms with van der Waals surface area (Å²) in [6.07, 6.45) is 6.33. The van der Waals surface area contributed by atoms with Gasteiger partial charge in [-0.3, -0.25) is 0 Å². The number of terminal acetylenes is 1. The molecule has 0 N–H and O–H groups in total. The van der Waals surface area contributed by atoms with Crippen molar-refractivity contribution in [1.82, 2.24) is 4.98 Å². The number of aromatic nitrogens is 1. The van der Waals surface area contributed by atoms with Gasteiger partial charge in [0.2, 0.25) is 0 Å². The van der Waals surface area contributed by atoms with Crippen molar-refractivity contribution in [2.24, 2.45) is 0 Å². The maximum atomic E-state index is 12.8. The van der Waals surface area contributed by atoms with E-state index in [9.17, 15) is 4.39 Å². The number of methoxy groups -OCH3 is 1. The van der Waals surface area contributed by atoms with Crippen LogP contribution in [0.2, 0.25) is 0 Å². The van der Waals surface area contributed by atoms with Crippen LogP contribution < -0.4 is 4.74 Å². The second kappa shape index (κ2) is 3.02. The number of ether oxygens (including phenoxy) is 1. The van der Waals surface area contributed by atoms with Gasteiger partial charge in [0.25, 0.3) is 0 Å². The van der Waals surface area contributed by atoms with E-state index >= 15 is 0 Å². The van der Waals surface area contributed by atoms with Crippen LogP contribution in [-0.2, 0) is 0 Å². The molecule has 3 heteroatoms. The van der Waals surface area contributed by atoms with Crippen LogP contribution in [0.25, 0.3) is 0 Å². The number of nitrogens with zero attached hydrogens (tertiary/aromatic N) is 1. The van der Waals surface area contributed by atoms with Gasteiger partial charge in [-0.2, -0.15) is 0 Å². The Morgan fingerprint density at radius 1 is 1.73 bits per heavy atom. The summed E-state index contributed by atoms with van der Waals surface area (Å²) in [5.74, 6) is 1.74. The number of pyridine rings is 1. The third-order valence-corrected chi connectivity index (χ3v) is 1.20. The first-order chi connectivity index (χ1) is 5.29. The van der Waals surface area contributed by atoms with Crippen molar-refractivity contribution < 1.29 is 9.13 Å². The van der Waals surface area contributed by atoms with Crippen molar-refractivity contribution >= 4 is 0 Å². The van der Waals surface area contributed by atoms with Gasteiger partial charge >= 0.3 is 0 Å². The zero-order chi connectivity index (χ0) is 8.27. The summed E-state index contributed by atoms with van der Waals surface area (Å²) in [5, 5.41) is 0. The second-order valence-electron chi connectivity index (χ2n) is 1.82. The highest BCUT2D eigenvalue weighted by molar-refractivity contribution is 5.39. The molecule has 0 spiro atoms. The fourth-order valence-electron chi connectivity index (χ4n) is 0.722. The topological polar surface area (TPSA) is 22.1 Å². The Labute approximate surface area is 64.0 Å². The van der Waals surface area contributed by atoms with Crippen LogP contribution in [0.3, 0.4) is 0 Å². The van der Waals surface area contributed by atoms with Crippen LogP contribution in [0.15, 0.2) is 12.3 Å². The monoisotopic (exact) mass is 151 g/mol. The van der Waals surface area contributed by atoms with E-state index in [1.165, 1.54) is 19.4 Å². The molecule has 0 fully saturated rings. The van der Waals surface area contributed by atoms with Crippen molar-refractivity contribution in [2.75, 3.05) is 7.11 Å². The minimum absolute atomic E-state index is 0.0231. The van der Waals surface area contributed by atoms with Crippen LogP contribution in [0.5, 0.6) is 5.75 Å². The van der Waals surface area contributed by atoms with Crippen molar-refractivity contribution in [1.29, 1.82) is 0 Å². The van der Waals surface area contributed by atoms with Gasteiger partial charge in [0.1, 0.15) is 0 Å². The van der Waals surface area contributed by atoms with E-state index in [2.05, 4.69) is 15.6 Å². The largest absolute Gasteiger partial charge is 0.491 e. The van der Waals surface area contributed by atoms with Gasteiger partial charge < -0.3 is 4.74 Å². The molecular formula is C8H6FNO. The zero-order valence-electron chi connectivity index (χ0n) is 5.97. The van der Waals surface area contributed by atoms with Crippen LogP contribution >= 0.6 is 0 Å². The molecule has 0 amide bonds. The summed E-state index contributed by atoms with van der Waals surface area (Å²) in [4.78, 5) is 3.73. The fraction of sp³-hybridized carbons (Fsp3) is 0.125. The third kappa shape index (κ3) is 1.30. The van der Waals surface area contributed by atoms with E-state index in [0.29, 0.717) is 0 Å². The van der Waals surface area contributed by atoms with Crippen LogP contribution in [0.4, 0.5) is 4.39 Å². The smallest absolute Gasteiger partial charge is 0.188 e. The van der Waals surface area contributed by atoms with E-state index in [4.69, 9.17) is 6.42 Å². The Bertz CT molecular complexity index is 303. The Morgan fingerprint density at radius 2 is 2.45 bits per heavy atom. The molecule has 1 aromatic rings. The first-order valence-corrected chi connectivity index (χ1v) is 2.94. The van der Waals surface area contributed by atoms with Crippen LogP contribution in [0, 0.1) is 18.2 Å². The van der Waals surface area contributed by atoms with Crippen molar-refractivity contribution in [3.63, 3.8) is 0 Å². The lowest BCUT2D eigenvalue weighted by atomic mass is 10.3. The van der Waals surface area contributed by atoms with E-state index < -0.39 is 5.82 Å². The molecule has 0 aliphatic carbocycles. The van der Waals surface area contributed by atoms with Gasteiger partial charge in [-0.25, -0.2) is 9.37 Å². The average molecular weight is 151 g/mol. The molecule has 0 aromatic carbocycles. The summed E-state index contributed by atoms with van der Waals surface area (Å²) in [5.41, 5.74) is 0.188. The Hall–Kier alpha value is -1.56. The molecular weight excluding hydrogens is 145 g/mol. The molecule has 0 aliphatic heterocycles. The highest BCUT2D eigenvalue weighted by Gasteiger charge is 2.06. The summed E-state index contributed by atoms with van der Waals surface area (Å²) in [6.45, 7) is 0. The first kappa shape index (κ1) is 7.55. The fourth-order valence-corrected chi connectivity index (χ4v) is 0.722. The Morgan fingerprint density at radius 3 is 2.91 bits per heavy atom. The molecule has 2 nitrogen and oxygen atoms in total. The molecule has 1 rings (SSSR count). The van der Waals surface area contributed by atoms with Gasteiger partial charge in [0.15, 0.2) is 17.3 Å². The SMILES string of the molecule is C#Cc1nccc(F)c1OC. The second-order valence-corrected chi connectivity index (χ2v) is 1.82. The molecule has 11 heavy (non-hydrogen) atoms. The van der Waals surface area contributed by atoms with Crippen molar-refractivity contribution in [2.45, 2.75) is 0 Å². The third-order valence-electron chi connectivity index (χ3n) is 1.20. The predicted octanol–water partition coefficient (Wildman–Crippen LogP) is 1.21. The van der Waals surface area contributed by atoms with Crippen molar-refractivity contribution in [3.05, 3.63) is 23.8 Å². The quantitative estimate of drug-likeness (QED) is 0.563. The summed E-state index contributed by atoms with van der Waals surface area (Å²) in [7, 11) is 1.35. The van der Waals surface area contributed by atoms with Gasteiger partial charge in [-0.05, 0) is 12.0 Å². The standard InChI is InChI=1S/C8H6FNO/c1-3-7-8(11-2)6(9)4-5-10-7/h1,4-5H,2H3. The molecule has 1 aromatic heterocycles. The molecule has 0 aliphatic rings. The summed E-state index contributed by atoms with van der Waals surface area (Å²) >= 11 is 0. The molecule has 0 saturated heterocycles. The number of hydrogen-bond donors (Lipinski definition) is 0. The normalized spacial score (nSPS) is 8.82. The molecule has 0 atom stereocenters. The van der Waals surface area contributed by atoms with Crippen LogP contribution in [0.1, 0.15) is 5.69 Å². The Balaban J connectivity index is 3.27. The van der Waals surface area contributed by atoms with E-state index in [-0.39, 0.29) is 11.4 Å². The highest BCUT2D eigenvalue weighted by atomic mass is 19.1. The molecule has 0 bridgehead atoms. The first-order valence-electron chi connectivity index (χ1n) is 2.94. The molecule has 1 heterocycles. The maximum absolute atomic E-state index is 12.8. The lowest BCUT2D eigenvalue weighted by Gasteiger charge is -2.01. The lowest BCUT2D eigenvalue weighted by Crippen LogP contribution is -1.94. The van der Waals surface area contributed by atoms with E-state index in [0.717, 1.165) is 0 Å². The Kier molecular flexibility index (Phi) is 2.07. The van der Waals surface area contributed by atoms with E-state index in [1.807, 2.05) is 0 Å². The number of halogens is 1. The average Bonchev–Trinajstić information content (AvgIpc) is 2.04. The molecule has 0 radical (unpaired) electrons. The van der Waals surface area contributed by atoms with Gasteiger partial charge in [0.05, 0.1) is 7.11 Å². The molecule has 56 valence electrons. The minimum Gasteiger partial charge on any atom is -0.491 e. The van der Waals surface area contributed by atoms with Gasteiger partial charge in [0, 0.05) is 6.20 Å². The van der Waals surface area contributed by atoms with Gasteiger partial charge in [-0.1, -0.05) is 0 Å². The number of rotatable bonds is 1. The minimum atomic E-state index is -0.490. The highest BCUT2D eigenvalue weighted by Crippen LogP contribution is 2.18. The molecule has 0 saturated carbocycles. The zero-order valence-corrected chi connectivity index (χ0v) is 5.97. The number of hydrogen-bond acceptors (Lipinski definition) is 2. The van der Waals surface area contributed by atoms with Gasteiger partial charge in [-0.15, -0.1) is 6.42 Å². The van der Waals surface area contributed by atoms with Crippen molar-refractivity contribution in [3.8, 4) is 18.1 Å². The predicted molar refractivity (Wildman–Crippen MR) is 38.7 cm³/mol. The van der Waals surface area contributed by atoms with E-state index in [1.54, 1.807) is 0 Å². The summed E-state index contributed by atoms with van der Waals surface area (Å²) in [6, 6.07) is 1.19. The molecule has 0 unspecified atom stereocenters.